The van der Waals surface area contributed by atoms with Gasteiger partial charge in [-0.25, -0.2) is 0 Å². The predicted octanol–water partition coefficient (Wildman–Crippen LogP) is 17.4. The minimum absolute atomic E-state index is 0.120. The van der Waals surface area contributed by atoms with Gasteiger partial charge in [0.1, 0.15) is 13.2 Å². The van der Waals surface area contributed by atoms with Crippen LogP contribution < -0.4 is 0 Å². The van der Waals surface area contributed by atoms with Crippen LogP contribution in [-0.2, 0) is 28.6 Å². The van der Waals surface area contributed by atoms with Crippen molar-refractivity contribution in [3.05, 3.63) is 97.2 Å². The Morgan fingerprint density at radius 1 is 0.328 bits per heavy atom. The molecule has 364 valence electrons. The Bertz CT molecular complexity index is 1300. The maximum Gasteiger partial charge on any atom is 0.306 e. The Balaban J connectivity index is 4.50. The maximum absolute atomic E-state index is 12.8. The van der Waals surface area contributed by atoms with Crippen LogP contribution >= 0.6 is 0 Å². The fraction of sp³-hybridized carbons (Fsp3) is 0.672. The number of carbonyl (C=O) groups excluding carboxylic acids is 3. The largest absolute Gasteiger partial charge is 0.462 e. The van der Waals surface area contributed by atoms with E-state index in [0.29, 0.717) is 19.3 Å². The summed E-state index contributed by atoms with van der Waals surface area (Å²) in [6.45, 7) is 6.38. The molecule has 0 N–H and O–H groups in total. The monoisotopic (exact) mass is 889 g/mol. The Hall–Kier alpha value is -3.67. The van der Waals surface area contributed by atoms with Gasteiger partial charge in [-0.05, 0) is 109 Å². The molecule has 0 fully saturated rings. The molecule has 0 radical (unpaired) electrons. The van der Waals surface area contributed by atoms with Gasteiger partial charge in [0.2, 0.25) is 0 Å². The molecule has 0 aliphatic heterocycles. The van der Waals surface area contributed by atoms with E-state index < -0.39 is 6.10 Å². The Kier molecular flexibility index (Phi) is 49.0. The lowest BCUT2D eigenvalue weighted by Gasteiger charge is -2.18. The summed E-state index contributed by atoms with van der Waals surface area (Å²) in [7, 11) is 0. The number of ether oxygens (including phenoxy) is 3. The molecular weight excluding hydrogens is 793 g/mol. The molecule has 6 nitrogen and oxygen atoms in total. The van der Waals surface area contributed by atoms with Gasteiger partial charge < -0.3 is 14.2 Å². The summed E-state index contributed by atoms with van der Waals surface area (Å²) >= 11 is 0. The van der Waals surface area contributed by atoms with Crippen LogP contribution in [0.5, 0.6) is 0 Å². The van der Waals surface area contributed by atoms with E-state index in [1.807, 2.05) is 0 Å². The third-order valence-electron chi connectivity index (χ3n) is 10.8. The molecule has 0 heterocycles. The molecule has 0 aromatic heterocycles. The predicted molar refractivity (Wildman–Crippen MR) is 274 cm³/mol. The number of carbonyl (C=O) groups is 3. The van der Waals surface area contributed by atoms with Gasteiger partial charge in [0.15, 0.2) is 6.10 Å². The van der Waals surface area contributed by atoms with Crippen molar-refractivity contribution >= 4 is 17.9 Å². The second kappa shape index (κ2) is 52.0. The average Bonchev–Trinajstić information content (AvgIpc) is 3.29. The van der Waals surface area contributed by atoms with Gasteiger partial charge in [-0.2, -0.15) is 0 Å². The van der Waals surface area contributed by atoms with E-state index in [1.54, 1.807) is 0 Å². The van der Waals surface area contributed by atoms with Crippen LogP contribution in [0.3, 0.4) is 0 Å². The van der Waals surface area contributed by atoms with E-state index in [2.05, 4.69) is 118 Å². The molecule has 0 amide bonds. The lowest BCUT2D eigenvalue weighted by molar-refractivity contribution is -0.167. The summed E-state index contributed by atoms with van der Waals surface area (Å²) in [5, 5.41) is 0. The van der Waals surface area contributed by atoms with Crippen LogP contribution in [0.25, 0.3) is 0 Å². The summed E-state index contributed by atoms with van der Waals surface area (Å²) in [6.07, 6.45) is 68.4. The summed E-state index contributed by atoms with van der Waals surface area (Å²) in [4.78, 5) is 37.9. The number of unbranched alkanes of at least 4 members (excludes halogenated alkanes) is 19. The number of allylic oxidation sites excluding steroid dienone is 16. The summed E-state index contributed by atoms with van der Waals surface area (Å²) in [6, 6.07) is 0. The second-order valence-electron chi connectivity index (χ2n) is 17.0. The van der Waals surface area contributed by atoms with E-state index >= 15 is 0 Å². The van der Waals surface area contributed by atoms with Gasteiger partial charge in [0.05, 0.1) is 0 Å². The van der Waals surface area contributed by atoms with Gasteiger partial charge in [-0.1, -0.05) is 201 Å². The van der Waals surface area contributed by atoms with Crippen LogP contribution in [0.4, 0.5) is 0 Å². The number of rotatable bonds is 46. The lowest BCUT2D eigenvalue weighted by Crippen LogP contribution is -2.30. The summed E-state index contributed by atoms with van der Waals surface area (Å²) in [5.41, 5.74) is 0. The first-order chi connectivity index (χ1) is 31.5. The lowest BCUT2D eigenvalue weighted by atomic mass is 10.1. The fourth-order valence-electron chi connectivity index (χ4n) is 6.86. The SMILES string of the molecule is CC/C=C\C/C=C\C/C=C\CCCC(=O)OCC(COC(=O)CCCCCCC/C=C\CCCCCCCCCCC)OC(=O)CCC/C=C\C/C=C\C/C=C\C/C=C\CCCCC. The van der Waals surface area contributed by atoms with Crippen LogP contribution in [0.2, 0.25) is 0 Å². The minimum Gasteiger partial charge on any atom is -0.462 e. The Morgan fingerprint density at radius 3 is 1.06 bits per heavy atom. The van der Waals surface area contributed by atoms with Gasteiger partial charge in [-0.15, -0.1) is 0 Å². The van der Waals surface area contributed by atoms with Crippen molar-refractivity contribution in [3.63, 3.8) is 0 Å². The minimum atomic E-state index is -0.829. The zero-order chi connectivity index (χ0) is 46.5. The van der Waals surface area contributed by atoms with Crippen LogP contribution in [0.1, 0.15) is 233 Å². The molecule has 0 bridgehead atoms. The third kappa shape index (κ3) is 49.3. The molecule has 0 spiro atoms. The molecule has 0 aliphatic rings. The normalized spacial score (nSPS) is 12.9. The number of hydrogen-bond acceptors (Lipinski definition) is 6. The quantitative estimate of drug-likeness (QED) is 0.0262. The summed E-state index contributed by atoms with van der Waals surface area (Å²) < 4.78 is 16.7. The highest BCUT2D eigenvalue weighted by molar-refractivity contribution is 5.71. The standard InChI is InChI=1S/C58H96O6/c1-4-7-10-13-16-19-22-24-26-28-30-31-33-36-39-42-45-48-51-57(60)63-54-55(53-62-56(59)50-47-44-41-38-35-21-18-15-12-9-6-3)64-58(61)52-49-46-43-40-37-34-32-29-27-25-23-20-17-14-11-8-5-2/h9,12,17-18,20-21,25,27,30-32,34,38,40-41,43,55H,4-8,10-11,13-16,19,22-24,26,28-29,33,35-37,39,42,44-54H2,1-3H3/b12-9-,20-17-,21-18-,27-25-,31-30-,34-32-,41-38-,43-40-. The first-order valence-corrected chi connectivity index (χ1v) is 26.2. The highest BCUT2D eigenvalue weighted by Crippen LogP contribution is 2.13. The highest BCUT2D eigenvalue weighted by Gasteiger charge is 2.19. The van der Waals surface area contributed by atoms with Crippen molar-refractivity contribution in [1.29, 1.82) is 0 Å². The molecule has 0 aromatic rings. The fourth-order valence-corrected chi connectivity index (χ4v) is 6.86. The maximum atomic E-state index is 12.8. The molecule has 0 aromatic carbocycles. The van der Waals surface area contributed by atoms with Gasteiger partial charge in [0.25, 0.3) is 0 Å². The van der Waals surface area contributed by atoms with Crippen LogP contribution in [0, 0.1) is 0 Å². The van der Waals surface area contributed by atoms with Crippen molar-refractivity contribution in [2.45, 2.75) is 239 Å². The highest BCUT2D eigenvalue weighted by atomic mass is 16.6. The number of hydrogen-bond donors (Lipinski definition) is 0. The average molecular weight is 889 g/mol. The van der Waals surface area contributed by atoms with Gasteiger partial charge in [0, 0.05) is 19.3 Å². The first kappa shape index (κ1) is 60.3. The molecule has 0 aliphatic carbocycles. The van der Waals surface area contributed by atoms with E-state index in [1.165, 1.54) is 96.3 Å². The van der Waals surface area contributed by atoms with Crippen molar-refractivity contribution < 1.29 is 28.6 Å². The molecule has 0 rings (SSSR count). The summed E-state index contributed by atoms with van der Waals surface area (Å²) in [5.74, 6) is -1.04. The van der Waals surface area contributed by atoms with Crippen molar-refractivity contribution in [1.82, 2.24) is 0 Å². The Labute approximate surface area is 394 Å². The van der Waals surface area contributed by atoms with Crippen LogP contribution in [-0.4, -0.2) is 37.2 Å². The molecular formula is C58H96O6. The van der Waals surface area contributed by atoms with E-state index in [-0.39, 0.29) is 44.0 Å². The van der Waals surface area contributed by atoms with Crippen molar-refractivity contribution in [3.8, 4) is 0 Å². The smallest absolute Gasteiger partial charge is 0.306 e. The number of esters is 3. The van der Waals surface area contributed by atoms with Gasteiger partial charge >= 0.3 is 17.9 Å². The molecule has 1 atom stereocenters. The Morgan fingerprint density at radius 2 is 0.625 bits per heavy atom. The third-order valence-corrected chi connectivity index (χ3v) is 10.8. The zero-order valence-electron chi connectivity index (χ0n) is 41.5. The van der Waals surface area contributed by atoms with Crippen molar-refractivity contribution in [2.24, 2.45) is 0 Å². The molecule has 0 saturated carbocycles. The molecule has 0 saturated heterocycles. The zero-order valence-corrected chi connectivity index (χ0v) is 41.5. The van der Waals surface area contributed by atoms with Crippen LogP contribution in [0.15, 0.2) is 97.2 Å². The van der Waals surface area contributed by atoms with E-state index in [4.69, 9.17) is 14.2 Å². The molecule has 64 heavy (non-hydrogen) atoms. The van der Waals surface area contributed by atoms with E-state index in [9.17, 15) is 14.4 Å². The van der Waals surface area contributed by atoms with Gasteiger partial charge in [-0.3, -0.25) is 14.4 Å². The van der Waals surface area contributed by atoms with E-state index in [0.717, 1.165) is 83.5 Å². The second-order valence-corrected chi connectivity index (χ2v) is 17.0. The van der Waals surface area contributed by atoms with Crippen molar-refractivity contribution in [2.75, 3.05) is 13.2 Å². The topological polar surface area (TPSA) is 78.9 Å². The first-order valence-electron chi connectivity index (χ1n) is 26.2. The molecule has 6 heteroatoms. The molecule has 1 unspecified atom stereocenters.